The van der Waals surface area contributed by atoms with Crippen LogP contribution in [0, 0.1) is 11.3 Å². The van der Waals surface area contributed by atoms with E-state index < -0.39 is 28.9 Å². The van der Waals surface area contributed by atoms with Crippen molar-refractivity contribution in [1.29, 1.82) is 0 Å². The first-order chi connectivity index (χ1) is 18.3. The fraction of sp³-hybridized carbons (Fsp3) is 0.567. The monoisotopic (exact) mass is 554 g/mol. The van der Waals surface area contributed by atoms with Gasteiger partial charge in [0.2, 0.25) is 5.91 Å². The molecule has 0 aliphatic carbocycles. The lowest BCUT2D eigenvalue weighted by atomic mass is 9.72. The Hall–Kier alpha value is -2.55. The number of rotatable bonds is 8. The van der Waals surface area contributed by atoms with Crippen LogP contribution in [-0.4, -0.2) is 41.9 Å². The van der Waals surface area contributed by atoms with Crippen LogP contribution in [0.3, 0.4) is 0 Å². The van der Waals surface area contributed by atoms with Gasteiger partial charge in [-0.25, -0.2) is 0 Å². The minimum Gasteiger partial charge on any atom is -0.338 e. The van der Waals surface area contributed by atoms with Gasteiger partial charge in [-0.3, -0.25) is 4.79 Å². The topological polar surface area (TPSA) is 23.6 Å². The molecule has 2 saturated heterocycles. The van der Waals surface area contributed by atoms with Crippen molar-refractivity contribution in [2.75, 3.05) is 26.2 Å². The first-order valence-corrected chi connectivity index (χ1v) is 13.6. The number of likely N-dealkylation sites (tertiary alicyclic amines) is 2. The summed E-state index contributed by atoms with van der Waals surface area (Å²) in [5.74, 6) is 0.389. The minimum atomic E-state index is -4.91. The van der Waals surface area contributed by atoms with E-state index >= 15 is 0 Å². The van der Waals surface area contributed by atoms with E-state index in [2.05, 4.69) is 29.2 Å². The Bertz CT molecular complexity index is 1090. The molecule has 0 N–H and O–H groups in total. The van der Waals surface area contributed by atoms with Gasteiger partial charge in [0.1, 0.15) is 0 Å². The van der Waals surface area contributed by atoms with Crippen LogP contribution in [0.25, 0.3) is 0 Å². The number of benzene rings is 2. The summed E-state index contributed by atoms with van der Waals surface area (Å²) in [5, 5.41) is 0. The van der Waals surface area contributed by atoms with E-state index in [1.54, 1.807) is 0 Å². The summed E-state index contributed by atoms with van der Waals surface area (Å²) in [5.41, 5.74) is -2.16. The van der Waals surface area contributed by atoms with Gasteiger partial charge in [-0.05, 0) is 92.9 Å². The first-order valence-electron chi connectivity index (χ1n) is 13.6. The number of amides is 1. The molecular weight excluding hydrogens is 518 g/mol. The average Bonchev–Trinajstić information content (AvgIpc) is 3.20. The highest BCUT2D eigenvalue weighted by Crippen LogP contribution is 2.44. The number of halogens is 6. The Balaban J connectivity index is 1.38. The van der Waals surface area contributed by atoms with Crippen molar-refractivity contribution in [3.05, 3.63) is 70.8 Å². The Morgan fingerprint density at radius 3 is 2.03 bits per heavy atom. The largest absolute Gasteiger partial charge is 0.416 e. The molecule has 2 heterocycles. The number of nitrogens with zero attached hydrogens (tertiary/aromatic N) is 2. The van der Waals surface area contributed by atoms with E-state index in [1.807, 2.05) is 19.9 Å². The summed E-state index contributed by atoms with van der Waals surface area (Å²) >= 11 is 0. The van der Waals surface area contributed by atoms with Gasteiger partial charge in [-0.1, -0.05) is 44.2 Å². The predicted molar refractivity (Wildman–Crippen MR) is 138 cm³/mol. The van der Waals surface area contributed by atoms with Crippen LogP contribution >= 0.6 is 0 Å². The van der Waals surface area contributed by atoms with Gasteiger partial charge in [0.15, 0.2) is 0 Å². The number of carbonyl (C=O) groups is 1. The van der Waals surface area contributed by atoms with Gasteiger partial charge in [-0.2, -0.15) is 26.3 Å². The summed E-state index contributed by atoms with van der Waals surface area (Å²) in [6.07, 6.45) is -5.65. The van der Waals surface area contributed by atoms with E-state index in [-0.39, 0.29) is 30.0 Å². The quantitative estimate of drug-likeness (QED) is 0.312. The lowest BCUT2D eigenvalue weighted by molar-refractivity contribution is -0.143. The van der Waals surface area contributed by atoms with Crippen LogP contribution in [0.15, 0.2) is 48.5 Å². The third-order valence-electron chi connectivity index (χ3n) is 8.62. The number of carbonyl (C=O) groups excluding carboxylic acids is 1. The standard InChI is InChI=1S/C30H36F6N2O/c1-21(2)28(11-6-13-37-14-9-24(10-15-37)23-7-4-3-5-8-23)12-16-38(27(28)39)20-22-17-25(29(31,32)33)19-26(18-22)30(34,35)36/h3-5,7-8,17-19,21,24H,6,9-16,20H2,1-2H3. The van der Waals surface area contributed by atoms with Crippen LogP contribution in [-0.2, 0) is 23.7 Å². The van der Waals surface area contributed by atoms with Crippen molar-refractivity contribution in [2.24, 2.45) is 11.3 Å². The minimum absolute atomic E-state index is 0.00561. The molecule has 1 amide bonds. The van der Waals surface area contributed by atoms with Crippen molar-refractivity contribution in [1.82, 2.24) is 9.80 Å². The molecular formula is C30H36F6N2O. The third kappa shape index (κ3) is 6.79. The van der Waals surface area contributed by atoms with Crippen molar-refractivity contribution < 1.29 is 31.1 Å². The molecule has 0 aromatic heterocycles. The molecule has 2 fully saturated rings. The Morgan fingerprint density at radius 1 is 0.897 bits per heavy atom. The normalized spacial score (nSPS) is 21.8. The number of piperidine rings is 1. The van der Waals surface area contributed by atoms with Crippen molar-refractivity contribution in [3.8, 4) is 0 Å². The van der Waals surface area contributed by atoms with Crippen LogP contribution in [0.2, 0.25) is 0 Å². The van der Waals surface area contributed by atoms with Gasteiger partial charge in [0.25, 0.3) is 0 Å². The summed E-state index contributed by atoms with van der Waals surface area (Å²) in [7, 11) is 0. The molecule has 3 nitrogen and oxygen atoms in total. The van der Waals surface area contributed by atoms with E-state index in [0.717, 1.165) is 51.0 Å². The van der Waals surface area contributed by atoms with E-state index in [0.29, 0.717) is 25.3 Å². The average molecular weight is 555 g/mol. The zero-order valence-electron chi connectivity index (χ0n) is 22.4. The summed E-state index contributed by atoms with van der Waals surface area (Å²) < 4.78 is 79.8. The second-order valence-electron chi connectivity index (χ2n) is 11.3. The molecule has 2 aliphatic rings. The molecule has 9 heteroatoms. The van der Waals surface area contributed by atoms with Gasteiger partial charge in [0, 0.05) is 13.1 Å². The molecule has 0 radical (unpaired) electrons. The molecule has 214 valence electrons. The molecule has 0 saturated carbocycles. The molecule has 0 bridgehead atoms. The molecule has 1 unspecified atom stereocenters. The first kappa shape index (κ1) is 29.4. The highest BCUT2D eigenvalue weighted by atomic mass is 19.4. The van der Waals surface area contributed by atoms with Gasteiger partial charge >= 0.3 is 12.4 Å². The summed E-state index contributed by atoms with van der Waals surface area (Å²) in [6, 6.07) is 12.1. The number of alkyl halides is 6. The lowest BCUT2D eigenvalue weighted by Gasteiger charge is -2.35. The summed E-state index contributed by atoms with van der Waals surface area (Å²) in [6.45, 7) is 6.84. The Kier molecular flexibility index (Phi) is 8.69. The van der Waals surface area contributed by atoms with Crippen LogP contribution < -0.4 is 0 Å². The highest BCUT2D eigenvalue weighted by molar-refractivity contribution is 5.85. The van der Waals surface area contributed by atoms with Gasteiger partial charge in [0.05, 0.1) is 16.5 Å². The molecule has 39 heavy (non-hydrogen) atoms. The maximum atomic E-state index is 13.6. The molecule has 2 aliphatic heterocycles. The maximum absolute atomic E-state index is 13.6. The SMILES string of the molecule is CC(C)C1(CCCN2CCC(c3ccccc3)CC2)CCN(Cc2cc(C(F)(F)F)cc(C(F)(F)F)c2)C1=O. The zero-order chi connectivity index (χ0) is 28.4. The number of hydrogen-bond donors (Lipinski definition) is 0. The van der Waals surface area contributed by atoms with Crippen LogP contribution in [0.1, 0.15) is 74.1 Å². The molecule has 2 aromatic carbocycles. The molecule has 1 atom stereocenters. The van der Waals surface area contributed by atoms with Crippen LogP contribution in [0.5, 0.6) is 0 Å². The van der Waals surface area contributed by atoms with Gasteiger partial charge in [-0.15, -0.1) is 0 Å². The fourth-order valence-corrected chi connectivity index (χ4v) is 6.23. The Morgan fingerprint density at radius 2 is 1.49 bits per heavy atom. The zero-order valence-corrected chi connectivity index (χ0v) is 22.4. The smallest absolute Gasteiger partial charge is 0.338 e. The van der Waals surface area contributed by atoms with Crippen molar-refractivity contribution in [2.45, 2.75) is 70.8 Å². The Labute approximate surface area is 226 Å². The van der Waals surface area contributed by atoms with Crippen molar-refractivity contribution >= 4 is 5.91 Å². The second-order valence-corrected chi connectivity index (χ2v) is 11.3. The fourth-order valence-electron chi connectivity index (χ4n) is 6.23. The predicted octanol–water partition coefficient (Wildman–Crippen LogP) is 7.76. The van der Waals surface area contributed by atoms with E-state index in [9.17, 15) is 31.1 Å². The number of hydrogen-bond acceptors (Lipinski definition) is 2. The van der Waals surface area contributed by atoms with E-state index in [1.165, 1.54) is 10.5 Å². The molecule has 4 rings (SSSR count). The second kappa shape index (κ2) is 11.5. The molecule has 2 aromatic rings. The maximum Gasteiger partial charge on any atom is 0.416 e. The van der Waals surface area contributed by atoms with E-state index in [4.69, 9.17) is 0 Å². The summed E-state index contributed by atoms with van der Waals surface area (Å²) in [4.78, 5) is 17.4. The highest BCUT2D eigenvalue weighted by Gasteiger charge is 2.48. The third-order valence-corrected chi connectivity index (χ3v) is 8.62. The molecule has 0 spiro atoms. The van der Waals surface area contributed by atoms with Gasteiger partial charge < -0.3 is 9.80 Å². The lowest BCUT2D eigenvalue weighted by Crippen LogP contribution is -2.39. The van der Waals surface area contributed by atoms with Crippen LogP contribution in [0.4, 0.5) is 26.3 Å². The van der Waals surface area contributed by atoms with Crippen molar-refractivity contribution in [3.63, 3.8) is 0 Å².